The SMILES string of the molecule is COn1cc([C@@H](C)C(C)(C)C)c2ccc(Cl)cc21. The second-order valence-corrected chi connectivity index (χ2v) is 6.28. The molecule has 2 aromatic rings. The molecule has 98 valence electrons. The molecule has 2 nitrogen and oxygen atoms in total. The maximum absolute atomic E-state index is 6.06. The van der Waals surface area contributed by atoms with E-state index >= 15 is 0 Å². The van der Waals surface area contributed by atoms with Crippen LogP contribution < -0.4 is 4.84 Å². The predicted octanol–water partition coefficient (Wildman–Crippen LogP) is 4.50. The van der Waals surface area contributed by atoms with Crippen molar-refractivity contribution in [3.63, 3.8) is 0 Å². The Morgan fingerprint density at radius 3 is 2.50 bits per heavy atom. The van der Waals surface area contributed by atoms with Crippen LogP contribution in [0.15, 0.2) is 24.4 Å². The first-order valence-corrected chi connectivity index (χ1v) is 6.57. The first-order valence-electron chi connectivity index (χ1n) is 6.19. The summed E-state index contributed by atoms with van der Waals surface area (Å²) >= 11 is 6.06. The zero-order valence-electron chi connectivity index (χ0n) is 11.6. The van der Waals surface area contributed by atoms with E-state index in [-0.39, 0.29) is 5.41 Å². The Hall–Kier alpha value is -1.15. The van der Waals surface area contributed by atoms with Gasteiger partial charge in [0.1, 0.15) is 7.11 Å². The molecule has 1 aromatic carbocycles. The first-order chi connectivity index (χ1) is 8.34. The highest BCUT2D eigenvalue weighted by Gasteiger charge is 2.25. The van der Waals surface area contributed by atoms with E-state index in [1.165, 1.54) is 10.9 Å². The maximum Gasteiger partial charge on any atom is 0.104 e. The number of hydrogen-bond donors (Lipinski definition) is 0. The molecule has 0 aliphatic rings. The molecule has 0 N–H and O–H groups in total. The molecule has 1 heterocycles. The lowest BCUT2D eigenvalue weighted by Gasteiger charge is -2.26. The Bertz CT molecular complexity index is 566. The summed E-state index contributed by atoms with van der Waals surface area (Å²) < 4.78 is 1.79. The minimum atomic E-state index is 0.215. The van der Waals surface area contributed by atoms with Crippen LogP contribution in [0.5, 0.6) is 0 Å². The average molecular weight is 266 g/mol. The lowest BCUT2D eigenvalue weighted by molar-refractivity contribution is 0.178. The smallest absolute Gasteiger partial charge is 0.104 e. The molecule has 0 saturated heterocycles. The van der Waals surface area contributed by atoms with Crippen molar-refractivity contribution in [1.82, 2.24) is 4.73 Å². The van der Waals surface area contributed by atoms with Gasteiger partial charge < -0.3 is 4.84 Å². The van der Waals surface area contributed by atoms with E-state index < -0.39 is 0 Å². The Labute approximate surface area is 113 Å². The van der Waals surface area contributed by atoms with Gasteiger partial charge in [-0.3, -0.25) is 0 Å². The van der Waals surface area contributed by atoms with Gasteiger partial charge >= 0.3 is 0 Å². The van der Waals surface area contributed by atoms with Crippen LogP contribution in [-0.4, -0.2) is 11.8 Å². The third kappa shape index (κ3) is 2.22. The van der Waals surface area contributed by atoms with E-state index in [1.807, 2.05) is 12.1 Å². The van der Waals surface area contributed by atoms with Gasteiger partial charge in [0.15, 0.2) is 0 Å². The molecule has 0 unspecified atom stereocenters. The molecule has 0 radical (unpaired) electrons. The van der Waals surface area contributed by atoms with Gasteiger partial charge in [-0.1, -0.05) is 45.4 Å². The second-order valence-electron chi connectivity index (χ2n) is 5.84. The lowest BCUT2D eigenvalue weighted by Crippen LogP contribution is -2.15. The van der Waals surface area contributed by atoms with Crippen molar-refractivity contribution < 1.29 is 4.84 Å². The highest BCUT2D eigenvalue weighted by Crippen LogP contribution is 2.39. The molecule has 0 saturated carbocycles. The fourth-order valence-corrected chi connectivity index (χ4v) is 2.33. The number of rotatable bonds is 2. The largest absolute Gasteiger partial charge is 0.417 e. The summed E-state index contributed by atoms with van der Waals surface area (Å²) in [5, 5.41) is 1.94. The molecule has 1 aromatic heterocycles. The third-order valence-electron chi connectivity index (χ3n) is 3.73. The van der Waals surface area contributed by atoms with Crippen LogP contribution in [0.1, 0.15) is 39.2 Å². The van der Waals surface area contributed by atoms with Crippen molar-refractivity contribution in [2.45, 2.75) is 33.6 Å². The molecular weight excluding hydrogens is 246 g/mol. The lowest BCUT2D eigenvalue weighted by atomic mass is 9.78. The van der Waals surface area contributed by atoms with E-state index in [1.54, 1.807) is 11.8 Å². The Kier molecular flexibility index (Phi) is 3.33. The minimum Gasteiger partial charge on any atom is -0.417 e. The molecule has 0 fully saturated rings. The van der Waals surface area contributed by atoms with Gasteiger partial charge in [-0.25, -0.2) is 0 Å². The van der Waals surface area contributed by atoms with Crippen molar-refractivity contribution in [2.24, 2.45) is 5.41 Å². The summed E-state index contributed by atoms with van der Waals surface area (Å²) in [6.45, 7) is 9.01. The van der Waals surface area contributed by atoms with Crippen molar-refractivity contribution in [1.29, 1.82) is 0 Å². The van der Waals surface area contributed by atoms with Crippen LogP contribution in [0.25, 0.3) is 10.9 Å². The van der Waals surface area contributed by atoms with Gasteiger partial charge in [0.25, 0.3) is 0 Å². The van der Waals surface area contributed by atoms with Crippen LogP contribution >= 0.6 is 11.6 Å². The zero-order chi connectivity index (χ0) is 13.5. The van der Waals surface area contributed by atoms with E-state index in [0.717, 1.165) is 10.5 Å². The molecule has 0 spiro atoms. The van der Waals surface area contributed by atoms with Crippen LogP contribution in [-0.2, 0) is 0 Å². The standard InChI is InChI=1S/C15H20ClNO/c1-10(15(2,3)4)13-9-17(18-5)14-8-11(16)6-7-12(13)14/h6-10H,1-5H3/t10-/m1/s1. The van der Waals surface area contributed by atoms with Crippen molar-refractivity contribution >= 4 is 22.5 Å². The fourth-order valence-electron chi connectivity index (χ4n) is 2.16. The van der Waals surface area contributed by atoms with Crippen LogP contribution in [0, 0.1) is 5.41 Å². The third-order valence-corrected chi connectivity index (χ3v) is 3.96. The Morgan fingerprint density at radius 1 is 1.28 bits per heavy atom. The van der Waals surface area contributed by atoms with E-state index in [2.05, 4.69) is 40.0 Å². The topological polar surface area (TPSA) is 14.2 Å². The molecule has 0 aliphatic heterocycles. The monoisotopic (exact) mass is 265 g/mol. The van der Waals surface area contributed by atoms with E-state index in [4.69, 9.17) is 16.4 Å². The number of halogens is 1. The molecule has 18 heavy (non-hydrogen) atoms. The van der Waals surface area contributed by atoms with Crippen LogP contribution in [0.2, 0.25) is 5.02 Å². The number of fused-ring (bicyclic) bond motifs is 1. The summed E-state index contributed by atoms with van der Waals surface area (Å²) in [4.78, 5) is 5.38. The van der Waals surface area contributed by atoms with Gasteiger partial charge in [-0.15, -0.1) is 0 Å². The van der Waals surface area contributed by atoms with E-state index in [9.17, 15) is 0 Å². The first kappa shape index (κ1) is 13.3. The van der Waals surface area contributed by atoms with Gasteiger partial charge in [0, 0.05) is 16.6 Å². The van der Waals surface area contributed by atoms with Gasteiger partial charge in [0.2, 0.25) is 0 Å². The highest BCUT2D eigenvalue weighted by atomic mass is 35.5. The summed E-state index contributed by atoms with van der Waals surface area (Å²) in [5.41, 5.74) is 2.54. The number of nitrogens with zero attached hydrogens (tertiary/aromatic N) is 1. The Morgan fingerprint density at radius 2 is 1.94 bits per heavy atom. The van der Waals surface area contributed by atoms with Crippen molar-refractivity contribution in [3.8, 4) is 0 Å². The summed E-state index contributed by atoms with van der Waals surface area (Å²) in [6.07, 6.45) is 2.07. The summed E-state index contributed by atoms with van der Waals surface area (Å²) in [5.74, 6) is 0.442. The normalized spacial score (nSPS) is 13.9. The minimum absolute atomic E-state index is 0.215. The molecule has 0 aliphatic carbocycles. The average Bonchev–Trinajstić information content (AvgIpc) is 2.64. The van der Waals surface area contributed by atoms with Crippen molar-refractivity contribution in [3.05, 3.63) is 35.0 Å². The molecule has 3 heteroatoms. The number of aromatic nitrogens is 1. The maximum atomic E-state index is 6.06. The van der Waals surface area contributed by atoms with Crippen LogP contribution in [0.4, 0.5) is 0 Å². The number of benzene rings is 1. The predicted molar refractivity (Wildman–Crippen MR) is 77.3 cm³/mol. The Balaban J connectivity index is 2.66. The second kappa shape index (κ2) is 4.51. The quantitative estimate of drug-likeness (QED) is 0.780. The van der Waals surface area contributed by atoms with E-state index in [0.29, 0.717) is 5.92 Å². The molecule has 0 amide bonds. The molecule has 0 bridgehead atoms. The van der Waals surface area contributed by atoms with Gasteiger partial charge in [-0.05, 0) is 29.0 Å². The number of hydrogen-bond acceptors (Lipinski definition) is 1. The fraction of sp³-hybridized carbons (Fsp3) is 0.467. The van der Waals surface area contributed by atoms with Crippen LogP contribution in [0.3, 0.4) is 0 Å². The molecular formula is C15H20ClNO. The van der Waals surface area contributed by atoms with Gasteiger partial charge in [0.05, 0.1) is 5.52 Å². The molecule has 2 rings (SSSR count). The highest BCUT2D eigenvalue weighted by molar-refractivity contribution is 6.31. The van der Waals surface area contributed by atoms with Gasteiger partial charge in [-0.2, -0.15) is 4.73 Å². The summed E-state index contributed by atoms with van der Waals surface area (Å²) in [6, 6.07) is 5.95. The summed E-state index contributed by atoms with van der Waals surface area (Å²) in [7, 11) is 1.67. The molecule has 1 atom stereocenters. The zero-order valence-corrected chi connectivity index (χ0v) is 12.4. The van der Waals surface area contributed by atoms with Crippen molar-refractivity contribution in [2.75, 3.05) is 7.11 Å².